The molecule has 0 amide bonds. The highest BCUT2D eigenvalue weighted by Crippen LogP contribution is 2.39. The van der Waals surface area contributed by atoms with E-state index in [-0.39, 0.29) is 0 Å². The number of anilines is 2. The van der Waals surface area contributed by atoms with Crippen LogP contribution in [0.4, 0.5) is 11.4 Å². The van der Waals surface area contributed by atoms with Crippen LogP contribution in [-0.4, -0.2) is 22.2 Å². The lowest BCUT2D eigenvalue weighted by molar-refractivity contribution is 0.617. The molecule has 0 unspecified atom stereocenters. The van der Waals surface area contributed by atoms with Gasteiger partial charge in [-0.05, 0) is 85.6 Å². The molecule has 4 nitrogen and oxygen atoms in total. The average molecular weight is 663 g/mol. The van der Waals surface area contributed by atoms with Gasteiger partial charge in [-0.1, -0.05) is 114 Å². The van der Waals surface area contributed by atoms with E-state index in [1.54, 1.807) is 0 Å². The molecule has 0 aliphatic heterocycles. The Morgan fingerprint density at radius 2 is 0.780 bits per heavy atom. The summed E-state index contributed by atoms with van der Waals surface area (Å²) >= 11 is 0. The fourth-order valence-electron chi connectivity index (χ4n) is 7.72. The maximum absolute atomic E-state index is 3.66. The standard InChI is InChI=1S/C46H54N4/c1-3-5-7-9-11-17-31-47-35-23-27-37(28-24-35)49-43-21-15-13-19-39(43)41-33-42-40-20-14-16-22-44(40)50(46(42)34-45(41)49)38-29-25-36(26-30-38)48-32-18-12-10-8-6-4-2/h13-16,19-30,33-34,47-48H,3-12,17-18,31-32H2,1-2H3. The van der Waals surface area contributed by atoms with E-state index < -0.39 is 0 Å². The zero-order chi connectivity index (χ0) is 34.1. The van der Waals surface area contributed by atoms with E-state index >= 15 is 0 Å². The minimum Gasteiger partial charge on any atom is -0.385 e. The Balaban J connectivity index is 1.20. The van der Waals surface area contributed by atoms with Gasteiger partial charge >= 0.3 is 0 Å². The Hall–Kier alpha value is -4.70. The fraction of sp³-hybridized carbons (Fsp3) is 0.348. The molecule has 5 aromatic carbocycles. The molecular formula is C46H54N4. The first-order valence-corrected chi connectivity index (χ1v) is 19.4. The summed E-state index contributed by atoms with van der Waals surface area (Å²) in [6.07, 6.45) is 15.8. The second-order valence-electron chi connectivity index (χ2n) is 14.1. The largest absolute Gasteiger partial charge is 0.385 e. The average Bonchev–Trinajstić information content (AvgIpc) is 3.66. The molecule has 0 aliphatic rings. The van der Waals surface area contributed by atoms with Crippen molar-refractivity contribution in [1.29, 1.82) is 0 Å². The van der Waals surface area contributed by atoms with Crippen molar-refractivity contribution in [2.45, 2.75) is 90.9 Å². The van der Waals surface area contributed by atoms with E-state index in [2.05, 4.69) is 143 Å². The van der Waals surface area contributed by atoms with Crippen LogP contribution in [0, 0.1) is 0 Å². The number of nitrogens with one attached hydrogen (secondary N) is 2. The van der Waals surface area contributed by atoms with Gasteiger partial charge in [-0.2, -0.15) is 0 Å². The number of para-hydroxylation sites is 2. The number of unbranched alkanes of at least 4 members (excludes halogenated alkanes) is 10. The van der Waals surface area contributed by atoms with Crippen LogP contribution >= 0.6 is 0 Å². The Kier molecular flexibility index (Phi) is 11.0. The van der Waals surface area contributed by atoms with Crippen LogP contribution in [0.3, 0.4) is 0 Å². The molecular weight excluding hydrogens is 609 g/mol. The van der Waals surface area contributed by atoms with Gasteiger partial charge < -0.3 is 19.8 Å². The number of benzene rings is 5. The van der Waals surface area contributed by atoms with Gasteiger partial charge in [0.15, 0.2) is 0 Å². The molecule has 7 rings (SSSR count). The van der Waals surface area contributed by atoms with Crippen molar-refractivity contribution in [2.75, 3.05) is 23.7 Å². The Labute approximate surface area is 298 Å². The van der Waals surface area contributed by atoms with Crippen molar-refractivity contribution >= 4 is 55.0 Å². The van der Waals surface area contributed by atoms with Crippen molar-refractivity contribution in [3.8, 4) is 11.4 Å². The second-order valence-corrected chi connectivity index (χ2v) is 14.1. The van der Waals surface area contributed by atoms with Crippen LogP contribution in [0.5, 0.6) is 0 Å². The number of hydrogen-bond donors (Lipinski definition) is 2. The zero-order valence-electron chi connectivity index (χ0n) is 30.2. The molecule has 0 aliphatic carbocycles. The smallest absolute Gasteiger partial charge is 0.0562 e. The van der Waals surface area contributed by atoms with Gasteiger partial charge in [0.05, 0.1) is 22.1 Å². The van der Waals surface area contributed by atoms with Gasteiger partial charge in [0, 0.05) is 57.4 Å². The number of nitrogens with zero attached hydrogens (tertiary/aromatic N) is 2. The summed E-state index contributed by atoms with van der Waals surface area (Å²) in [5.74, 6) is 0. The summed E-state index contributed by atoms with van der Waals surface area (Å²) < 4.78 is 4.89. The van der Waals surface area contributed by atoms with E-state index in [1.165, 1.54) is 143 Å². The van der Waals surface area contributed by atoms with E-state index in [9.17, 15) is 0 Å². The molecule has 4 heteroatoms. The molecule has 2 aromatic heterocycles. The first-order valence-electron chi connectivity index (χ1n) is 19.4. The lowest BCUT2D eigenvalue weighted by Gasteiger charge is -2.12. The summed E-state index contributed by atoms with van der Waals surface area (Å²) in [7, 11) is 0. The summed E-state index contributed by atoms with van der Waals surface area (Å²) in [5.41, 5.74) is 9.68. The first-order chi connectivity index (χ1) is 24.8. The zero-order valence-corrected chi connectivity index (χ0v) is 30.2. The highest BCUT2D eigenvalue weighted by atomic mass is 15.0. The maximum Gasteiger partial charge on any atom is 0.0562 e. The van der Waals surface area contributed by atoms with Crippen molar-refractivity contribution in [1.82, 2.24) is 9.13 Å². The third kappa shape index (κ3) is 7.26. The van der Waals surface area contributed by atoms with Crippen LogP contribution in [0.1, 0.15) is 90.9 Å². The first kappa shape index (κ1) is 33.8. The fourth-order valence-corrected chi connectivity index (χ4v) is 7.72. The minimum absolute atomic E-state index is 1.03. The highest BCUT2D eigenvalue weighted by Gasteiger charge is 2.18. The molecule has 0 bridgehead atoms. The summed E-state index contributed by atoms with van der Waals surface area (Å²) in [6.45, 7) is 6.61. The molecule has 0 atom stereocenters. The number of aromatic nitrogens is 2. The predicted octanol–water partition coefficient (Wildman–Crippen LogP) is 13.4. The van der Waals surface area contributed by atoms with Crippen molar-refractivity contribution < 1.29 is 0 Å². The molecule has 50 heavy (non-hydrogen) atoms. The molecule has 0 saturated heterocycles. The Bertz CT molecular complexity index is 1980. The highest BCUT2D eigenvalue weighted by molar-refractivity contribution is 6.19. The van der Waals surface area contributed by atoms with Gasteiger partial charge in [-0.25, -0.2) is 0 Å². The summed E-state index contributed by atoms with van der Waals surface area (Å²) in [6, 6.07) is 40.6. The van der Waals surface area contributed by atoms with Gasteiger partial charge in [-0.3, -0.25) is 0 Å². The van der Waals surface area contributed by atoms with Crippen LogP contribution in [-0.2, 0) is 0 Å². The second kappa shape index (κ2) is 16.3. The molecule has 258 valence electrons. The normalized spacial score (nSPS) is 11.7. The summed E-state index contributed by atoms with van der Waals surface area (Å²) in [4.78, 5) is 0. The van der Waals surface area contributed by atoms with Crippen molar-refractivity contribution in [3.63, 3.8) is 0 Å². The molecule has 2 N–H and O–H groups in total. The Morgan fingerprint density at radius 1 is 0.380 bits per heavy atom. The number of fused-ring (bicyclic) bond motifs is 6. The van der Waals surface area contributed by atoms with Gasteiger partial charge in [0.2, 0.25) is 0 Å². The Morgan fingerprint density at radius 3 is 1.22 bits per heavy atom. The lowest BCUT2D eigenvalue weighted by atomic mass is 10.1. The van der Waals surface area contributed by atoms with Crippen LogP contribution < -0.4 is 10.6 Å². The van der Waals surface area contributed by atoms with E-state index in [1.807, 2.05) is 0 Å². The van der Waals surface area contributed by atoms with E-state index in [0.29, 0.717) is 0 Å². The number of hydrogen-bond acceptors (Lipinski definition) is 2. The van der Waals surface area contributed by atoms with Crippen LogP contribution in [0.2, 0.25) is 0 Å². The number of rotatable bonds is 18. The molecule has 2 heterocycles. The van der Waals surface area contributed by atoms with E-state index in [0.717, 1.165) is 13.1 Å². The SMILES string of the molecule is CCCCCCCCNc1ccc(-n2c3ccccc3c3cc4c5ccccc5n(-c5ccc(NCCCCCCCC)cc5)c4cc32)cc1. The summed E-state index contributed by atoms with van der Waals surface area (Å²) in [5, 5.41) is 12.5. The molecule has 0 spiro atoms. The predicted molar refractivity (Wildman–Crippen MR) is 219 cm³/mol. The van der Waals surface area contributed by atoms with Gasteiger partial charge in [0.1, 0.15) is 0 Å². The van der Waals surface area contributed by atoms with Crippen molar-refractivity contribution in [2.24, 2.45) is 0 Å². The molecule has 0 saturated carbocycles. The quantitative estimate of drug-likeness (QED) is 0.0897. The lowest BCUT2D eigenvalue weighted by Crippen LogP contribution is -2.02. The maximum atomic E-state index is 3.66. The molecule has 0 fully saturated rings. The third-order valence-corrected chi connectivity index (χ3v) is 10.4. The topological polar surface area (TPSA) is 33.9 Å². The minimum atomic E-state index is 1.03. The third-order valence-electron chi connectivity index (χ3n) is 10.4. The van der Waals surface area contributed by atoms with Crippen molar-refractivity contribution in [3.05, 3.63) is 109 Å². The molecule has 7 aromatic rings. The van der Waals surface area contributed by atoms with E-state index in [4.69, 9.17) is 0 Å². The van der Waals surface area contributed by atoms with Gasteiger partial charge in [0.25, 0.3) is 0 Å². The van der Waals surface area contributed by atoms with Crippen LogP contribution in [0.15, 0.2) is 109 Å². The van der Waals surface area contributed by atoms with Crippen LogP contribution in [0.25, 0.3) is 55.0 Å². The molecule has 0 radical (unpaired) electrons. The monoisotopic (exact) mass is 662 g/mol. The van der Waals surface area contributed by atoms with Gasteiger partial charge in [-0.15, -0.1) is 0 Å².